The average Bonchev–Trinajstić information content (AvgIpc) is 2.73. The van der Waals surface area contributed by atoms with Crippen molar-refractivity contribution in [1.82, 2.24) is 0 Å². The molecule has 0 amide bonds. The maximum absolute atomic E-state index is 12.2. The van der Waals surface area contributed by atoms with Crippen LogP contribution in [0.4, 0.5) is 0 Å². The zero-order valence-corrected chi connectivity index (χ0v) is 17.0. The highest BCUT2D eigenvalue weighted by atomic mass is 35.5. The number of ether oxygens (including phenoxy) is 3. The standard InChI is InChI=1S/C20H20Cl2O8/c21-13-2-1-3-14(22)12(13)8-28-11-6-4-10(5-7-11)19(26)29-9-15-16(23)17(24)18(25)20(27)30-15/h1-7,15-18,20,23-25,27H,8-9H2/t15-,16-,17+,18-,20?/m1/s1. The lowest BCUT2D eigenvalue weighted by Gasteiger charge is -2.37. The van der Waals surface area contributed by atoms with Gasteiger partial charge in [0, 0.05) is 15.6 Å². The van der Waals surface area contributed by atoms with Gasteiger partial charge in [0.25, 0.3) is 0 Å². The van der Waals surface area contributed by atoms with Gasteiger partial charge in [0.1, 0.15) is 43.4 Å². The molecule has 0 bridgehead atoms. The molecule has 8 nitrogen and oxygen atoms in total. The molecule has 3 rings (SSSR count). The number of aliphatic hydroxyl groups excluding tert-OH is 4. The van der Waals surface area contributed by atoms with Crippen LogP contribution in [0.5, 0.6) is 5.75 Å². The maximum atomic E-state index is 12.2. The number of hydrogen-bond acceptors (Lipinski definition) is 8. The largest absolute Gasteiger partial charge is 0.489 e. The monoisotopic (exact) mass is 458 g/mol. The first kappa shape index (κ1) is 22.8. The minimum absolute atomic E-state index is 0.149. The lowest BCUT2D eigenvalue weighted by Crippen LogP contribution is -2.58. The zero-order valence-electron chi connectivity index (χ0n) is 15.5. The highest BCUT2D eigenvalue weighted by Gasteiger charge is 2.43. The Bertz CT molecular complexity index is 855. The molecule has 1 aliphatic rings. The number of rotatable bonds is 6. The molecule has 0 spiro atoms. The summed E-state index contributed by atoms with van der Waals surface area (Å²) >= 11 is 12.2. The first-order chi connectivity index (χ1) is 14.3. The molecule has 5 atom stereocenters. The fourth-order valence-corrected chi connectivity index (χ4v) is 3.33. The number of benzene rings is 2. The van der Waals surface area contributed by atoms with Crippen molar-refractivity contribution < 1.29 is 39.4 Å². The number of esters is 1. The van der Waals surface area contributed by atoms with Gasteiger partial charge < -0.3 is 34.6 Å². The van der Waals surface area contributed by atoms with Crippen LogP contribution in [0.2, 0.25) is 10.0 Å². The van der Waals surface area contributed by atoms with Crippen LogP contribution in [0.15, 0.2) is 42.5 Å². The second kappa shape index (κ2) is 9.93. The van der Waals surface area contributed by atoms with Crippen LogP contribution in [0.1, 0.15) is 15.9 Å². The van der Waals surface area contributed by atoms with Crippen molar-refractivity contribution in [2.75, 3.05) is 6.61 Å². The Morgan fingerprint density at radius 3 is 2.20 bits per heavy atom. The van der Waals surface area contributed by atoms with E-state index in [1.54, 1.807) is 30.3 Å². The summed E-state index contributed by atoms with van der Waals surface area (Å²) in [5, 5.41) is 39.4. The summed E-state index contributed by atoms with van der Waals surface area (Å²) in [6.07, 6.45) is -7.69. The molecule has 10 heteroatoms. The van der Waals surface area contributed by atoms with Crippen LogP contribution in [0, 0.1) is 0 Å². The van der Waals surface area contributed by atoms with E-state index in [1.165, 1.54) is 12.1 Å². The van der Waals surface area contributed by atoms with Crippen molar-refractivity contribution in [2.45, 2.75) is 37.3 Å². The van der Waals surface area contributed by atoms with E-state index in [0.717, 1.165) is 0 Å². The second-order valence-corrected chi connectivity index (χ2v) is 7.46. The summed E-state index contributed by atoms with van der Waals surface area (Å²) in [6, 6.07) is 11.2. The summed E-state index contributed by atoms with van der Waals surface area (Å²) in [6.45, 7) is -0.278. The van der Waals surface area contributed by atoms with Gasteiger partial charge in [-0.25, -0.2) is 4.79 Å². The minimum Gasteiger partial charge on any atom is -0.489 e. The van der Waals surface area contributed by atoms with Gasteiger partial charge in [0.15, 0.2) is 6.29 Å². The lowest BCUT2D eigenvalue weighted by molar-refractivity contribution is -0.286. The molecule has 4 N–H and O–H groups in total. The Morgan fingerprint density at radius 1 is 0.933 bits per heavy atom. The molecular formula is C20H20Cl2O8. The van der Waals surface area contributed by atoms with Gasteiger partial charge in [0.2, 0.25) is 0 Å². The van der Waals surface area contributed by atoms with Gasteiger partial charge in [-0.1, -0.05) is 29.3 Å². The first-order valence-electron chi connectivity index (χ1n) is 8.98. The molecule has 162 valence electrons. The number of carbonyl (C=O) groups is 1. The van der Waals surface area contributed by atoms with E-state index >= 15 is 0 Å². The van der Waals surface area contributed by atoms with Crippen LogP contribution >= 0.6 is 23.2 Å². The highest BCUT2D eigenvalue weighted by molar-refractivity contribution is 6.35. The summed E-state index contributed by atoms with van der Waals surface area (Å²) in [4.78, 5) is 12.2. The Kier molecular flexibility index (Phi) is 7.54. The molecule has 1 fully saturated rings. The van der Waals surface area contributed by atoms with E-state index < -0.39 is 43.3 Å². The third-order valence-electron chi connectivity index (χ3n) is 4.60. The first-order valence-corrected chi connectivity index (χ1v) is 9.74. The molecule has 0 radical (unpaired) electrons. The van der Waals surface area contributed by atoms with E-state index in [2.05, 4.69) is 0 Å². The minimum atomic E-state index is -1.70. The third kappa shape index (κ3) is 5.22. The molecule has 1 saturated heterocycles. The Hall–Kier alpha value is -1.91. The Labute approximate surface area is 182 Å². The molecule has 1 aliphatic heterocycles. The fourth-order valence-electron chi connectivity index (χ4n) is 2.82. The van der Waals surface area contributed by atoms with Crippen LogP contribution in [0.25, 0.3) is 0 Å². The van der Waals surface area contributed by atoms with E-state index in [1.807, 2.05) is 0 Å². The van der Waals surface area contributed by atoms with Crippen LogP contribution in [-0.2, 0) is 16.1 Å². The number of halogens is 2. The van der Waals surface area contributed by atoms with Crippen LogP contribution in [-0.4, -0.2) is 63.7 Å². The topological polar surface area (TPSA) is 126 Å². The van der Waals surface area contributed by atoms with Crippen molar-refractivity contribution in [3.63, 3.8) is 0 Å². The summed E-state index contributed by atoms with van der Waals surface area (Å²) in [7, 11) is 0. The molecule has 2 aromatic rings. The summed E-state index contributed by atoms with van der Waals surface area (Å²) < 4.78 is 15.7. The van der Waals surface area contributed by atoms with E-state index in [0.29, 0.717) is 21.4 Å². The molecule has 0 aromatic heterocycles. The Morgan fingerprint density at radius 2 is 1.57 bits per heavy atom. The van der Waals surface area contributed by atoms with Gasteiger partial charge >= 0.3 is 5.97 Å². The molecule has 1 unspecified atom stereocenters. The fraction of sp³-hybridized carbons (Fsp3) is 0.350. The molecule has 2 aromatic carbocycles. The van der Waals surface area contributed by atoms with Crippen LogP contribution in [0.3, 0.4) is 0 Å². The van der Waals surface area contributed by atoms with Gasteiger partial charge in [-0.05, 0) is 36.4 Å². The van der Waals surface area contributed by atoms with E-state index in [9.17, 15) is 25.2 Å². The van der Waals surface area contributed by atoms with Crippen molar-refractivity contribution in [3.8, 4) is 5.75 Å². The number of carbonyl (C=O) groups excluding carboxylic acids is 1. The lowest BCUT2D eigenvalue weighted by atomic mass is 9.99. The quantitative estimate of drug-likeness (QED) is 0.480. The molecule has 0 aliphatic carbocycles. The molecule has 30 heavy (non-hydrogen) atoms. The van der Waals surface area contributed by atoms with Crippen molar-refractivity contribution in [2.24, 2.45) is 0 Å². The summed E-state index contributed by atoms with van der Waals surface area (Å²) in [5.74, 6) is -0.226. The third-order valence-corrected chi connectivity index (χ3v) is 5.31. The zero-order chi connectivity index (χ0) is 21.8. The van der Waals surface area contributed by atoms with E-state index in [-0.39, 0.29) is 12.2 Å². The molecular weight excluding hydrogens is 439 g/mol. The number of aliphatic hydroxyl groups is 4. The van der Waals surface area contributed by atoms with Crippen molar-refractivity contribution in [1.29, 1.82) is 0 Å². The summed E-state index contributed by atoms with van der Waals surface area (Å²) in [5.41, 5.74) is 0.856. The second-order valence-electron chi connectivity index (χ2n) is 6.65. The normalized spacial score (nSPS) is 26.3. The predicted octanol–water partition coefficient (Wildman–Crippen LogP) is 1.53. The van der Waals surface area contributed by atoms with Crippen molar-refractivity contribution in [3.05, 3.63) is 63.6 Å². The van der Waals surface area contributed by atoms with Crippen LogP contribution < -0.4 is 4.74 Å². The maximum Gasteiger partial charge on any atom is 0.338 e. The molecule has 1 heterocycles. The average molecular weight is 459 g/mol. The van der Waals surface area contributed by atoms with E-state index in [4.69, 9.17) is 37.4 Å². The Balaban J connectivity index is 1.54. The van der Waals surface area contributed by atoms with Gasteiger partial charge in [-0.2, -0.15) is 0 Å². The number of hydrogen-bond donors (Lipinski definition) is 4. The highest BCUT2D eigenvalue weighted by Crippen LogP contribution is 2.26. The molecule has 0 saturated carbocycles. The van der Waals surface area contributed by atoms with Gasteiger partial charge in [-0.15, -0.1) is 0 Å². The predicted molar refractivity (Wildman–Crippen MR) is 106 cm³/mol. The smallest absolute Gasteiger partial charge is 0.338 e. The van der Waals surface area contributed by atoms with Gasteiger partial charge in [0.05, 0.1) is 5.56 Å². The SMILES string of the molecule is O=C(OC[C@H]1OC(O)[C@H](O)[C@@H](O)[C@@H]1O)c1ccc(OCc2c(Cl)cccc2Cl)cc1. The van der Waals surface area contributed by atoms with Gasteiger partial charge in [-0.3, -0.25) is 0 Å². The van der Waals surface area contributed by atoms with Crippen molar-refractivity contribution >= 4 is 29.2 Å².